The maximum absolute atomic E-state index is 13.8. The molecule has 0 N–H and O–H groups in total. The molecule has 1 fully saturated rings. The van der Waals surface area contributed by atoms with Crippen molar-refractivity contribution in [2.45, 2.75) is 36.5 Å². The second-order valence-corrected chi connectivity index (χ2v) is 6.89. The van der Waals surface area contributed by atoms with Crippen LogP contribution >= 0.6 is 11.6 Å². The van der Waals surface area contributed by atoms with E-state index in [9.17, 15) is 12.8 Å². The first-order valence-electron chi connectivity index (χ1n) is 6.40. The molecule has 1 aromatic rings. The second-order valence-electron chi connectivity index (χ2n) is 4.72. The Balaban J connectivity index is 2.37. The minimum atomic E-state index is -3.75. The molecule has 1 aliphatic rings. The van der Waals surface area contributed by atoms with Gasteiger partial charge in [-0.15, -0.1) is 11.6 Å². The highest BCUT2D eigenvalue weighted by Gasteiger charge is 2.28. The highest BCUT2D eigenvalue weighted by Crippen LogP contribution is 2.24. The molecule has 3 nitrogen and oxygen atoms in total. The van der Waals surface area contributed by atoms with E-state index in [4.69, 9.17) is 11.6 Å². The van der Waals surface area contributed by atoms with Crippen molar-refractivity contribution in [3.05, 3.63) is 29.6 Å². The van der Waals surface area contributed by atoms with Crippen molar-refractivity contribution in [2.24, 2.45) is 0 Å². The third-order valence-electron chi connectivity index (χ3n) is 3.33. The molecule has 0 bridgehead atoms. The van der Waals surface area contributed by atoms with Crippen LogP contribution in [0.2, 0.25) is 0 Å². The van der Waals surface area contributed by atoms with Gasteiger partial charge in [0.25, 0.3) is 0 Å². The summed E-state index contributed by atoms with van der Waals surface area (Å²) in [4.78, 5) is -0.257. The number of alkyl halides is 1. The average Bonchev–Trinajstić information content (AvgIpc) is 2.68. The Morgan fingerprint density at radius 3 is 2.37 bits per heavy atom. The summed E-state index contributed by atoms with van der Waals surface area (Å²) in [6, 6.07) is 4.01. The molecule has 0 aliphatic carbocycles. The SMILES string of the molecule is O=S(=O)(c1cc(CCl)ccc1F)N1CCCCCC1. The maximum atomic E-state index is 13.8. The largest absolute Gasteiger partial charge is 0.245 e. The highest BCUT2D eigenvalue weighted by atomic mass is 35.5. The van der Waals surface area contributed by atoms with E-state index in [1.165, 1.54) is 22.5 Å². The molecule has 0 spiro atoms. The van der Waals surface area contributed by atoms with Crippen LogP contribution in [-0.4, -0.2) is 25.8 Å². The van der Waals surface area contributed by atoms with E-state index in [0.717, 1.165) is 25.7 Å². The van der Waals surface area contributed by atoms with Gasteiger partial charge in [-0.25, -0.2) is 12.8 Å². The first kappa shape index (κ1) is 14.8. The van der Waals surface area contributed by atoms with Gasteiger partial charge in [0, 0.05) is 19.0 Å². The summed E-state index contributed by atoms with van der Waals surface area (Å²) < 4.78 is 40.1. The predicted octanol–water partition coefficient (Wildman–Crippen LogP) is 3.13. The molecule has 1 saturated heterocycles. The number of halogens is 2. The van der Waals surface area contributed by atoms with Gasteiger partial charge in [0.05, 0.1) is 0 Å². The fraction of sp³-hybridized carbons (Fsp3) is 0.538. The number of hydrogen-bond donors (Lipinski definition) is 0. The Bertz CT molecular complexity index is 540. The lowest BCUT2D eigenvalue weighted by Crippen LogP contribution is -2.32. The molecular formula is C13H17ClFNO2S. The van der Waals surface area contributed by atoms with E-state index in [0.29, 0.717) is 18.7 Å². The zero-order valence-electron chi connectivity index (χ0n) is 10.6. The standard InChI is InChI=1S/C13H17ClFNO2S/c14-10-11-5-6-12(15)13(9-11)19(17,18)16-7-3-1-2-4-8-16/h5-6,9H,1-4,7-8,10H2. The summed E-state index contributed by atoms with van der Waals surface area (Å²) in [6.07, 6.45) is 3.71. The molecule has 0 aromatic heterocycles. The Hall–Kier alpha value is -0.650. The Morgan fingerprint density at radius 1 is 1.16 bits per heavy atom. The normalized spacial score (nSPS) is 18.2. The Kier molecular flexibility index (Phi) is 4.81. The molecule has 19 heavy (non-hydrogen) atoms. The van der Waals surface area contributed by atoms with Gasteiger partial charge in [-0.1, -0.05) is 18.9 Å². The molecular weight excluding hydrogens is 289 g/mol. The van der Waals surface area contributed by atoms with Crippen LogP contribution in [0, 0.1) is 5.82 Å². The zero-order valence-corrected chi connectivity index (χ0v) is 12.2. The third-order valence-corrected chi connectivity index (χ3v) is 5.56. The number of hydrogen-bond acceptors (Lipinski definition) is 2. The highest BCUT2D eigenvalue weighted by molar-refractivity contribution is 7.89. The first-order valence-corrected chi connectivity index (χ1v) is 8.37. The van der Waals surface area contributed by atoms with Gasteiger partial charge in [0.2, 0.25) is 10.0 Å². The average molecular weight is 306 g/mol. The second kappa shape index (κ2) is 6.20. The van der Waals surface area contributed by atoms with Crippen LogP contribution < -0.4 is 0 Å². The molecule has 2 rings (SSSR count). The van der Waals surface area contributed by atoms with Gasteiger partial charge in [0.1, 0.15) is 10.7 Å². The van der Waals surface area contributed by atoms with Gasteiger partial charge in [-0.2, -0.15) is 4.31 Å². The number of sulfonamides is 1. The lowest BCUT2D eigenvalue weighted by atomic mass is 10.2. The van der Waals surface area contributed by atoms with Crippen molar-refractivity contribution in [2.75, 3.05) is 13.1 Å². The molecule has 0 radical (unpaired) electrons. The molecule has 1 aromatic carbocycles. The van der Waals surface area contributed by atoms with Crippen molar-refractivity contribution in [1.82, 2.24) is 4.31 Å². The third kappa shape index (κ3) is 3.27. The van der Waals surface area contributed by atoms with Crippen molar-refractivity contribution < 1.29 is 12.8 Å². The Morgan fingerprint density at radius 2 is 1.79 bits per heavy atom. The summed E-state index contributed by atoms with van der Waals surface area (Å²) >= 11 is 5.68. The maximum Gasteiger partial charge on any atom is 0.245 e. The molecule has 0 amide bonds. The van der Waals surface area contributed by atoms with E-state index < -0.39 is 15.8 Å². The van der Waals surface area contributed by atoms with E-state index in [1.54, 1.807) is 0 Å². The molecule has 1 heterocycles. The van der Waals surface area contributed by atoms with Crippen LogP contribution in [0.1, 0.15) is 31.2 Å². The van der Waals surface area contributed by atoms with Crippen LogP contribution in [0.5, 0.6) is 0 Å². The van der Waals surface area contributed by atoms with Crippen LogP contribution in [0.15, 0.2) is 23.1 Å². The quantitative estimate of drug-likeness (QED) is 0.805. The van der Waals surface area contributed by atoms with Crippen LogP contribution in [0.4, 0.5) is 4.39 Å². The number of nitrogens with zero attached hydrogens (tertiary/aromatic N) is 1. The van der Waals surface area contributed by atoms with E-state index in [2.05, 4.69) is 0 Å². The molecule has 106 valence electrons. The van der Waals surface area contributed by atoms with Gasteiger partial charge in [0.15, 0.2) is 0 Å². The Labute approximate surface area is 118 Å². The first-order chi connectivity index (χ1) is 9.05. The fourth-order valence-corrected chi connectivity index (χ4v) is 4.05. The number of rotatable bonds is 3. The monoisotopic (exact) mass is 305 g/mol. The van der Waals surface area contributed by atoms with E-state index in [-0.39, 0.29) is 10.8 Å². The van der Waals surface area contributed by atoms with Gasteiger partial charge in [-0.05, 0) is 30.5 Å². The van der Waals surface area contributed by atoms with Crippen molar-refractivity contribution in [3.63, 3.8) is 0 Å². The predicted molar refractivity (Wildman–Crippen MR) is 73.2 cm³/mol. The molecule has 1 aliphatic heterocycles. The van der Waals surface area contributed by atoms with Crippen molar-refractivity contribution in [1.29, 1.82) is 0 Å². The van der Waals surface area contributed by atoms with Crippen molar-refractivity contribution in [3.8, 4) is 0 Å². The summed E-state index contributed by atoms with van der Waals surface area (Å²) in [7, 11) is -3.75. The van der Waals surface area contributed by atoms with Gasteiger partial charge < -0.3 is 0 Å². The fourth-order valence-electron chi connectivity index (χ4n) is 2.25. The lowest BCUT2D eigenvalue weighted by Gasteiger charge is -2.20. The topological polar surface area (TPSA) is 37.4 Å². The van der Waals surface area contributed by atoms with Crippen molar-refractivity contribution >= 4 is 21.6 Å². The summed E-state index contributed by atoms with van der Waals surface area (Å²) in [6.45, 7) is 0.930. The summed E-state index contributed by atoms with van der Waals surface area (Å²) in [5.41, 5.74) is 0.608. The smallest absolute Gasteiger partial charge is 0.207 e. The van der Waals surface area contributed by atoms with Crippen LogP contribution in [0.3, 0.4) is 0 Å². The summed E-state index contributed by atoms with van der Waals surface area (Å²) in [5, 5.41) is 0. The number of benzene rings is 1. The van der Waals surface area contributed by atoms with E-state index >= 15 is 0 Å². The molecule has 6 heteroatoms. The van der Waals surface area contributed by atoms with E-state index in [1.807, 2.05) is 0 Å². The molecule has 0 unspecified atom stereocenters. The van der Waals surface area contributed by atoms with Gasteiger partial charge in [-0.3, -0.25) is 0 Å². The van der Waals surface area contributed by atoms with Gasteiger partial charge >= 0.3 is 0 Å². The lowest BCUT2D eigenvalue weighted by molar-refractivity contribution is 0.419. The van der Waals surface area contributed by atoms with Crippen LogP contribution in [-0.2, 0) is 15.9 Å². The molecule has 0 atom stereocenters. The zero-order chi connectivity index (χ0) is 13.9. The minimum Gasteiger partial charge on any atom is -0.207 e. The van der Waals surface area contributed by atoms with Crippen LogP contribution in [0.25, 0.3) is 0 Å². The molecule has 0 saturated carbocycles. The minimum absolute atomic E-state index is 0.169. The summed E-state index contributed by atoms with van der Waals surface area (Å²) in [5.74, 6) is -0.541.